The average Bonchev–Trinajstić information content (AvgIpc) is 2.95. The molecule has 168 valence electrons. The molecule has 0 aliphatic carbocycles. The molecule has 1 aromatic heterocycles. The third kappa shape index (κ3) is 5.12. The molecule has 0 radical (unpaired) electrons. The Bertz CT molecular complexity index is 1220. The number of fused-ring (bicyclic) bond motifs is 1. The van der Waals surface area contributed by atoms with E-state index in [0.717, 1.165) is 5.56 Å². The Balaban J connectivity index is 1.60. The lowest BCUT2D eigenvalue weighted by Crippen LogP contribution is -2.39. The van der Waals surface area contributed by atoms with E-state index in [2.05, 4.69) is 15.3 Å². The van der Waals surface area contributed by atoms with Crippen molar-refractivity contribution in [2.24, 2.45) is 4.99 Å². The van der Waals surface area contributed by atoms with Gasteiger partial charge in [-0.25, -0.2) is 9.98 Å². The van der Waals surface area contributed by atoms with Gasteiger partial charge in [-0.1, -0.05) is 23.7 Å². The van der Waals surface area contributed by atoms with Crippen LogP contribution in [0, 0.1) is 0 Å². The Morgan fingerprint density at radius 3 is 2.55 bits per heavy atom. The van der Waals surface area contributed by atoms with Crippen LogP contribution in [0.2, 0.25) is 5.02 Å². The van der Waals surface area contributed by atoms with Gasteiger partial charge in [0, 0.05) is 35.1 Å². The third-order valence-corrected chi connectivity index (χ3v) is 5.23. The third-order valence-electron chi connectivity index (χ3n) is 4.99. The number of hydrogen-bond acceptors (Lipinski definition) is 6. The molecular formula is C24H21ClN4O4. The summed E-state index contributed by atoms with van der Waals surface area (Å²) in [5.74, 6) is 0.674. The molecule has 1 aliphatic rings. The van der Waals surface area contributed by atoms with Crippen molar-refractivity contribution >= 4 is 46.3 Å². The van der Waals surface area contributed by atoms with Crippen LogP contribution >= 0.6 is 11.6 Å². The van der Waals surface area contributed by atoms with E-state index in [1.807, 2.05) is 6.07 Å². The van der Waals surface area contributed by atoms with Crippen LogP contribution in [-0.4, -0.2) is 43.3 Å². The van der Waals surface area contributed by atoms with Crippen LogP contribution < -0.4 is 19.7 Å². The minimum atomic E-state index is -0.401. The van der Waals surface area contributed by atoms with E-state index < -0.39 is 5.91 Å². The number of amides is 2. The molecule has 1 aliphatic heterocycles. The van der Waals surface area contributed by atoms with Gasteiger partial charge in [0.25, 0.3) is 0 Å². The number of aliphatic imine (C=N–C) groups is 1. The Morgan fingerprint density at radius 1 is 1.09 bits per heavy atom. The van der Waals surface area contributed by atoms with Crippen molar-refractivity contribution in [2.45, 2.75) is 6.42 Å². The fourth-order valence-corrected chi connectivity index (χ4v) is 3.64. The van der Waals surface area contributed by atoms with Crippen molar-refractivity contribution in [3.63, 3.8) is 0 Å². The van der Waals surface area contributed by atoms with Crippen molar-refractivity contribution in [1.29, 1.82) is 0 Å². The highest BCUT2D eigenvalue weighted by atomic mass is 35.5. The van der Waals surface area contributed by atoms with Crippen LogP contribution in [0.4, 0.5) is 17.2 Å². The number of rotatable bonds is 6. The summed E-state index contributed by atoms with van der Waals surface area (Å²) in [4.78, 5) is 36.4. The molecule has 8 nitrogen and oxygen atoms in total. The molecule has 4 rings (SSSR count). The number of pyridine rings is 1. The van der Waals surface area contributed by atoms with Crippen LogP contribution in [0.3, 0.4) is 0 Å². The molecule has 9 heteroatoms. The maximum absolute atomic E-state index is 13.2. The molecular weight excluding hydrogens is 444 g/mol. The minimum Gasteiger partial charge on any atom is -0.497 e. The van der Waals surface area contributed by atoms with E-state index in [-0.39, 0.29) is 18.9 Å². The summed E-state index contributed by atoms with van der Waals surface area (Å²) in [6, 6.07) is 15.7. The van der Waals surface area contributed by atoms with Gasteiger partial charge in [0.2, 0.25) is 11.8 Å². The van der Waals surface area contributed by atoms with Crippen LogP contribution in [0.15, 0.2) is 65.8 Å². The summed E-state index contributed by atoms with van der Waals surface area (Å²) >= 11 is 6.13. The number of carbonyl (C=O) groups excluding carboxylic acids is 2. The average molecular weight is 465 g/mol. The molecule has 0 saturated heterocycles. The van der Waals surface area contributed by atoms with Crippen LogP contribution in [0.25, 0.3) is 0 Å². The summed E-state index contributed by atoms with van der Waals surface area (Å²) in [6.07, 6.45) is 1.56. The Hall–Kier alpha value is -3.91. The number of methoxy groups -OCH3 is 2. The van der Waals surface area contributed by atoms with Gasteiger partial charge < -0.3 is 14.8 Å². The van der Waals surface area contributed by atoms with Gasteiger partial charge >= 0.3 is 0 Å². The zero-order valence-electron chi connectivity index (χ0n) is 18.0. The summed E-state index contributed by atoms with van der Waals surface area (Å²) in [5, 5.41) is 3.33. The molecule has 2 aromatic carbocycles. The van der Waals surface area contributed by atoms with Crippen LogP contribution in [-0.2, 0) is 9.59 Å². The predicted molar refractivity (Wildman–Crippen MR) is 127 cm³/mol. The second kappa shape index (κ2) is 9.70. The maximum atomic E-state index is 13.2. The molecule has 2 amide bonds. The molecule has 3 aromatic rings. The van der Waals surface area contributed by atoms with Gasteiger partial charge in [0.1, 0.15) is 23.7 Å². The number of carbonyl (C=O) groups is 2. The first-order valence-corrected chi connectivity index (χ1v) is 10.5. The SMILES string of the molecule is COc1cc(NC(=O)CN2C(=O)CC(c3cccc(Cl)c3)=Nc3cccnc32)cc(OC)c1. The molecule has 0 unspecified atom stereocenters. The number of aromatic nitrogens is 1. The molecule has 1 N–H and O–H groups in total. The molecule has 0 spiro atoms. The largest absolute Gasteiger partial charge is 0.497 e. The van der Waals surface area contributed by atoms with Crippen LogP contribution in [0.1, 0.15) is 12.0 Å². The number of ether oxygens (including phenoxy) is 2. The predicted octanol–water partition coefficient (Wildman–Crippen LogP) is 4.25. The number of halogens is 1. The standard InChI is InChI=1S/C24H21ClN4O4/c1-32-18-10-17(11-19(12-18)33-2)27-22(30)14-29-23(31)13-21(15-5-3-6-16(25)9-15)28-20-7-4-8-26-24(20)29/h3-12H,13-14H2,1-2H3,(H,27,30). The second-order valence-electron chi connectivity index (χ2n) is 7.22. The Labute approximate surface area is 195 Å². The first-order valence-electron chi connectivity index (χ1n) is 10.1. The minimum absolute atomic E-state index is 0.00301. The summed E-state index contributed by atoms with van der Waals surface area (Å²) in [5.41, 5.74) is 2.27. The van der Waals surface area contributed by atoms with E-state index in [0.29, 0.717) is 39.4 Å². The molecule has 33 heavy (non-hydrogen) atoms. The zero-order chi connectivity index (χ0) is 23.4. The number of hydrogen-bond donors (Lipinski definition) is 1. The number of anilines is 2. The summed E-state index contributed by atoms with van der Waals surface area (Å²) < 4.78 is 10.5. The fraction of sp³-hybridized carbons (Fsp3) is 0.167. The lowest BCUT2D eigenvalue weighted by molar-refractivity contribution is -0.120. The van der Waals surface area contributed by atoms with Gasteiger partial charge in [0.15, 0.2) is 5.82 Å². The second-order valence-corrected chi connectivity index (χ2v) is 7.66. The van der Waals surface area contributed by atoms with Crippen molar-refractivity contribution < 1.29 is 19.1 Å². The highest BCUT2D eigenvalue weighted by molar-refractivity contribution is 6.31. The van der Waals surface area contributed by atoms with E-state index in [1.165, 1.54) is 19.1 Å². The van der Waals surface area contributed by atoms with Crippen LogP contribution in [0.5, 0.6) is 11.5 Å². The lowest BCUT2D eigenvalue weighted by Gasteiger charge is -2.21. The van der Waals surface area contributed by atoms with E-state index >= 15 is 0 Å². The zero-order valence-corrected chi connectivity index (χ0v) is 18.8. The first-order chi connectivity index (χ1) is 16.0. The van der Waals surface area contributed by atoms with Crippen molar-refractivity contribution in [3.8, 4) is 11.5 Å². The van der Waals surface area contributed by atoms with Crippen molar-refractivity contribution in [2.75, 3.05) is 31.0 Å². The van der Waals surface area contributed by atoms with Gasteiger partial charge in [-0.2, -0.15) is 0 Å². The van der Waals surface area contributed by atoms with E-state index in [1.54, 1.807) is 54.7 Å². The quantitative estimate of drug-likeness (QED) is 0.588. The van der Waals surface area contributed by atoms with Gasteiger partial charge in [-0.15, -0.1) is 0 Å². The van der Waals surface area contributed by atoms with E-state index in [9.17, 15) is 9.59 Å². The van der Waals surface area contributed by atoms with Crippen molar-refractivity contribution in [1.82, 2.24) is 4.98 Å². The smallest absolute Gasteiger partial charge is 0.244 e. The first kappa shape index (κ1) is 22.3. The molecule has 0 bridgehead atoms. The lowest BCUT2D eigenvalue weighted by atomic mass is 10.1. The Kier molecular flexibility index (Phi) is 6.55. The monoisotopic (exact) mass is 464 g/mol. The normalized spacial score (nSPS) is 13.0. The highest BCUT2D eigenvalue weighted by Gasteiger charge is 2.28. The molecule has 0 fully saturated rings. The number of benzene rings is 2. The molecule has 0 saturated carbocycles. The van der Waals surface area contributed by atoms with Gasteiger partial charge in [0.05, 0.1) is 26.4 Å². The topological polar surface area (TPSA) is 93.1 Å². The number of nitrogens with one attached hydrogen (secondary N) is 1. The maximum Gasteiger partial charge on any atom is 0.244 e. The fourth-order valence-electron chi connectivity index (χ4n) is 3.45. The number of nitrogens with zero attached hydrogens (tertiary/aromatic N) is 3. The van der Waals surface area contributed by atoms with Gasteiger partial charge in [-0.3, -0.25) is 14.5 Å². The Morgan fingerprint density at radius 2 is 1.85 bits per heavy atom. The van der Waals surface area contributed by atoms with Gasteiger partial charge in [-0.05, 0) is 29.8 Å². The molecule has 2 heterocycles. The van der Waals surface area contributed by atoms with Crippen molar-refractivity contribution in [3.05, 3.63) is 71.4 Å². The molecule has 0 atom stereocenters. The van der Waals surface area contributed by atoms with E-state index in [4.69, 9.17) is 21.1 Å². The summed E-state index contributed by atoms with van der Waals surface area (Å²) in [6.45, 7) is -0.235. The summed E-state index contributed by atoms with van der Waals surface area (Å²) in [7, 11) is 3.05. The highest BCUT2D eigenvalue weighted by Crippen LogP contribution is 2.31.